The van der Waals surface area contributed by atoms with E-state index >= 15 is 0 Å². The molecule has 0 spiro atoms. The van der Waals surface area contributed by atoms with Crippen molar-refractivity contribution in [2.45, 2.75) is 62.6 Å². The average Bonchev–Trinajstić information content (AvgIpc) is 3.17. The molecule has 3 heterocycles. The number of rotatable bonds is 4. The highest BCUT2D eigenvalue weighted by molar-refractivity contribution is 7.89. The molecule has 1 aromatic heterocycles. The van der Waals surface area contributed by atoms with Crippen LogP contribution < -0.4 is 0 Å². The van der Waals surface area contributed by atoms with Crippen LogP contribution in [0.1, 0.15) is 50.7 Å². The summed E-state index contributed by atoms with van der Waals surface area (Å²) < 4.78 is 32.3. The summed E-state index contributed by atoms with van der Waals surface area (Å²) in [5, 5.41) is 0.118. The molecule has 0 bridgehead atoms. The minimum Gasteiger partial charge on any atom is -0.447 e. The zero-order valence-corrected chi connectivity index (χ0v) is 14.4. The van der Waals surface area contributed by atoms with E-state index in [4.69, 9.17) is 4.42 Å². The Morgan fingerprint density at radius 1 is 1.04 bits per heavy atom. The Morgan fingerprint density at radius 2 is 1.83 bits per heavy atom. The van der Waals surface area contributed by atoms with Gasteiger partial charge in [0.25, 0.3) is 10.0 Å². The molecule has 128 valence electrons. The molecule has 6 heteroatoms. The predicted molar refractivity (Wildman–Crippen MR) is 87.5 cm³/mol. The van der Waals surface area contributed by atoms with Crippen LogP contribution in [0.25, 0.3) is 0 Å². The second-order valence-electron chi connectivity index (χ2n) is 7.23. The van der Waals surface area contributed by atoms with Crippen LogP contribution in [0.15, 0.2) is 21.6 Å². The van der Waals surface area contributed by atoms with E-state index in [0.29, 0.717) is 19.1 Å². The molecule has 3 aliphatic rings. The van der Waals surface area contributed by atoms with Gasteiger partial charge in [-0.25, -0.2) is 8.42 Å². The Bertz CT molecular complexity index is 649. The van der Waals surface area contributed by atoms with Gasteiger partial charge < -0.3 is 4.42 Å². The summed E-state index contributed by atoms with van der Waals surface area (Å²) >= 11 is 0. The number of hydrogen-bond acceptors (Lipinski definition) is 4. The summed E-state index contributed by atoms with van der Waals surface area (Å²) in [4.78, 5) is 2.46. The smallest absolute Gasteiger partial charge is 0.276 e. The number of likely N-dealkylation sites (tertiary alicyclic amines) is 1. The van der Waals surface area contributed by atoms with Crippen LogP contribution in [-0.4, -0.2) is 43.3 Å². The number of furan rings is 1. The second-order valence-corrected chi connectivity index (χ2v) is 9.10. The van der Waals surface area contributed by atoms with Crippen LogP contribution in [0.3, 0.4) is 0 Å². The van der Waals surface area contributed by atoms with Crippen LogP contribution >= 0.6 is 0 Å². The topological polar surface area (TPSA) is 53.8 Å². The van der Waals surface area contributed by atoms with Crippen molar-refractivity contribution in [3.8, 4) is 0 Å². The summed E-state index contributed by atoms with van der Waals surface area (Å²) in [6.45, 7) is 3.12. The molecule has 0 unspecified atom stereocenters. The number of nitrogens with zero attached hydrogens (tertiary/aromatic N) is 2. The zero-order valence-electron chi connectivity index (χ0n) is 13.6. The molecule has 0 N–H and O–H groups in total. The maximum Gasteiger partial charge on any atom is 0.276 e. The quantitative estimate of drug-likeness (QED) is 0.847. The molecule has 1 aromatic rings. The maximum absolute atomic E-state index is 12.5. The summed E-state index contributed by atoms with van der Waals surface area (Å²) in [6, 6.07) is 4.15. The fourth-order valence-corrected chi connectivity index (χ4v) is 5.82. The first-order valence-electron chi connectivity index (χ1n) is 8.97. The average molecular weight is 338 g/mol. The third kappa shape index (κ3) is 2.96. The van der Waals surface area contributed by atoms with E-state index in [1.54, 1.807) is 10.4 Å². The van der Waals surface area contributed by atoms with Crippen LogP contribution in [-0.2, 0) is 16.6 Å². The molecule has 0 aromatic carbocycles. The molecule has 5 nitrogen and oxygen atoms in total. The van der Waals surface area contributed by atoms with Gasteiger partial charge >= 0.3 is 0 Å². The fourth-order valence-electron chi connectivity index (χ4n) is 4.38. The molecule has 2 saturated heterocycles. The van der Waals surface area contributed by atoms with Gasteiger partial charge in [0.15, 0.2) is 0 Å². The Balaban J connectivity index is 1.42. The molecule has 2 aliphatic heterocycles. The maximum atomic E-state index is 12.5. The number of hydrogen-bond donors (Lipinski definition) is 0. The summed E-state index contributed by atoms with van der Waals surface area (Å²) in [5.74, 6) is 1.63. The standard InChI is InChI=1S/C17H26N2O3S/c20-23(21,19-10-4-5-11-19)17-9-8-15(22-17)13-18-12-14-6-2-1-3-7-16(14)18/h8-9,14,16H,1-7,10-13H2/t14-,16-/m0/s1. The molecule has 3 fully saturated rings. The monoisotopic (exact) mass is 338 g/mol. The summed E-state index contributed by atoms with van der Waals surface area (Å²) in [5.41, 5.74) is 0. The highest BCUT2D eigenvalue weighted by Crippen LogP contribution is 2.37. The lowest BCUT2D eigenvalue weighted by Crippen LogP contribution is -2.54. The van der Waals surface area contributed by atoms with E-state index < -0.39 is 10.0 Å². The SMILES string of the molecule is O=S(=O)(c1ccc(CN2C[C@@H]3CCCCC[C@@H]32)o1)N1CCCC1. The van der Waals surface area contributed by atoms with Crippen molar-refractivity contribution in [3.05, 3.63) is 17.9 Å². The van der Waals surface area contributed by atoms with Gasteiger partial charge in [-0.2, -0.15) is 4.31 Å². The lowest BCUT2D eigenvalue weighted by atomic mass is 9.84. The lowest BCUT2D eigenvalue weighted by Gasteiger charge is -2.47. The van der Waals surface area contributed by atoms with Gasteiger partial charge in [0.1, 0.15) is 5.76 Å². The second kappa shape index (κ2) is 6.22. The van der Waals surface area contributed by atoms with Gasteiger partial charge in [0, 0.05) is 25.7 Å². The van der Waals surface area contributed by atoms with E-state index in [0.717, 1.165) is 37.6 Å². The summed E-state index contributed by atoms with van der Waals surface area (Å²) in [7, 11) is -3.42. The Hall–Kier alpha value is -0.850. The Labute approximate surface area is 138 Å². The van der Waals surface area contributed by atoms with E-state index in [-0.39, 0.29) is 5.09 Å². The molecule has 1 aliphatic carbocycles. The van der Waals surface area contributed by atoms with Crippen molar-refractivity contribution < 1.29 is 12.8 Å². The molecule has 0 radical (unpaired) electrons. The number of sulfonamides is 1. The third-order valence-electron chi connectivity index (χ3n) is 5.71. The molecular weight excluding hydrogens is 312 g/mol. The van der Waals surface area contributed by atoms with Gasteiger partial charge in [0.2, 0.25) is 5.09 Å². The van der Waals surface area contributed by atoms with Crippen LogP contribution in [0.2, 0.25) is 0 Å². The van der Waals surface area contributed by atoms with Crippen molar-refractivity contribution in [2.24, 2.45) is 5.92 Å². The minimum atomic E-state index is -3.42. The normalized spacial score (nSPS) is 29.9. The Morgan fingerprint density at radius 3 is 2.65 bits per heavy atom. The molecule has 4 rings (SSSR count). The van der Waals surface area contributed by atoms with Crippen LogP contribution in [0.4, 0.5) is 0 Å². The van der Waals surface area contributed by atoms with Crippen molar-refractivity contribution >= 4 is 10.0 Å². The summed E-state index contributed by atoms with van der Waals surface area (Å²) in [6.07, 6.45) is 8.59. The zero-order chi connectivity index (χ0) is 15.9. The van der Waals surface area contributed by atoms with Gasteiger partial charge in [-0.3, -0.25) is 4.90 Å². The molecule has 0 amide bonds. The van der Waals surface area contributed by atoms with Crippen LogP contribution in [0, 0.1) is 5.92 Å². The fraction of sp³-hybridized carbons (Fsp3) is 0.765. The minimum absolute atomic E-state index is 0.118. The highest BCUT2D eigenvalue weighted by atomic mass is 32.2. The van der Waals surface area contributed by atoms with Crippen molar-refractivity contribution in [1.82, 2.24) is 9.21 Å². The van der Waals surface area contributed by atoms with Crippen molar-refractivity contribution in [2.75, 3.05) is 19.6 Å². The van der Waals surface area contributed by atoms with Crippen LogP contribution in [0.5, 0.6) is 0 Å². The van der Waals surface area contributed by atoms with Gasteiger partial charge in [-0.1, -0.05) is 19.3 Å². The first-order chi connectivity index (χ1) is 11.1. The highest BCUT2D eigenvalue weighted by Gasteiger charge is 2.39. The van der Waals surface area contributed by atoms with E-state index in [1.807, 2.05) is 6.07 Å². The van der Waals surface area contributed by atoms with Gasteiger partial charge in [0.05, 0.1) is 6.54 Å². The number of fused-ring (bicyclic) bond motifs is 1. The Kier molecular flexibility index (Phi) is 4.24. The van der Waals surface area contributed by atoms with Crippen molar-refractivity contribution in [1.29, 1.82) is 0 Å². The predicted octanol–water partition coefficient (Wildman–Crippen LogP) is 2.83. The third-order valence-corrected chi connectivity index (χ3v) is 7.48. The first kappa shape index (κ1) is 15.7. The van der Waals surface area contributed by atoms with Gasteiger partial charge in [-0.05, 0) is 43.7 Å². The lowest BCUT2D eigenvalue weighted by molar-refractivity contribution is -0.00272. The first-order valence-corrected chi connectivity index (χ1v) is 10.4. The van der Waals surface area contributed by atoms with E-state index in [1.165, 1.54) is 32.1 Å². The molecule has 2 atom stereocenters. The van der Waals surface area contributed by atoms with E-state index in [9.17, 15) is 8.42 Å². The van der Waals surface area contributed by atoms with E-state index in [2.05, 4.69) is 4.90 Å². The largest absolute Gasteiger partial charge is 0.447 e. The van der Waals surface area contributed by atoms with Crippen molar-refractivity contribution in [3.63, 3.8) is 0 Å². The van der Waals surface area contributed by atoms with Gasteiger partial charge in [-0.15, -0.1) is 0 Å². The molecule has 23 heavy (non-hydrogen) atoms. The molecule has 1 saturated carbocycles. The molecular formula is C17H26N2O3S.